The number of hydrogen-bond donors (Lipinski definition) is 3. The second kappa shape index (κ2) is 4.75. The predicted molar refractivity (Wildman–Crippen MR) is 63.4 cm³/mol. The van der Waals surface area contributed by atoms with E-state index in [0.29, 0.717) is 5.69 Å². The molecule has 0 spiro atoms. The third-order valence-electron chi connectivity index (χ3n) is 2.29. The minimum Gasteiger partial charge on any atom is -0.396 e. The first kappa shape index (κ1) is 12.5. The van der Waals surface area contributed by atoms with E-state index in [1.165, 1.54) is 12.5 Å². The largest absolute Gasteiger partial charge is 0.396 e. The van der Waals surface area contributed by atoms with Crippen molar-refractivity contribution in [3.05, 3.63) is 42.2 Å². The molecular formula is C10H11FN4O2S. The zero-order valence-electron chi connectivity index (χ0n) is 9.22. The van der Waals surface area contributed by atoms with Crippen molar-refractivity contribution in [3.63, 3.8) is 0 Å². The number of nitrogens with one attached hydrogen (secondary N) is 2. The Bertz CT molecular complexity index is 640. The lowest BCUT2D eigenvalue weighted by atomic mass is 10.3. The van der Waals surface area contributed by atoms with E-state index in [1.54, 1.807) is 0 Å². The lowest BCUT2D eigenvalue weighted by Crippen LogP contribution is -2.23. The number of halogens is 1. The summed E-state index contributed by atoms with van der Waals surface area (Å²) in [5, 5.41) is 0. The first-order valence-corrected chi connectivity index (χ1v) is 6.49. The second-order valence-electron chi connectivity index (χ2n) is 3.58. The lowest BCUT2D eigenvalue weighted by Gasteiger charge is -2.06. The summed E-state index contributed by atoms with van der Waals surface area (Å²) >= 11 is 0. The topological polar surface area (TPSA) is 101 Å². The van der Waals surface area contributed by atoms with Crippen molar-refractivity contribution in [2.24, 2.45) is 0 Å². The van der Waals surface area contributed by atoms with Crippen LogP contribution in [0.15, 0.2) is 35.6 Å². The van der Waals surface area contributed by atoms with Gasteiger partial charge in [-0.3, -0.25) is 0 Å². The van der Waals surface area contributed by atoms with Gasteiger partial charge in [0.15, 0.2) is 0 Å². The SMILES string of the molecule is Nc1cc(S(=O)(=O)NCc2cnc[nH]2)ccc1F. The van der Waals surface area contributed by atoms with Crippen LogP contribution < -0.4 is 10.5 Å². The summed E-state index contributed by atoms with van der Waals surface area (Å²) in [6.45, 7) is 0.0691. The second-order valence-corrected chi connectivity index (χ2v) is 5.35. The molecule has 0 unspecified atom stereocenters. The molecule has 96 valence electrons. The van der Waals surface area contributed by atoms with Crippen molar-refractivity contribution in [2.75, 3.05) is 5.73 Å². The molecule has 1 aromatic carbocycles. The summed E-state index contributed by atoms with van der Waals surface area (Å²) in [5.41, 5.74) is 5.73. The molecule has 0 radical (unpaired) electrons. The normalized spacial score (nSPS) is 11.6. The van der Waals surface area contributed by atoms with E-state index in [1.807, 2.05) is 0 Å². The van der Waals surface area contributed by atoms with E-state index >= 15 is 0 Å². The van der Waals surface area contributed by atoms with Crippen LogP contribution in [0.2, 0.25) is 0 Å². The van der Waals surface area contributed by atoms with Crippen LogP contribution in [0.3, 0.4) is 0 Å². The van der Waals surface area contributed by atoms with Gasteiger partial charge >= 0.3 is 0 Å². The maximum atomic E-state index is 12.9. The van der Waals surface area contributed by atoms with Crippen LogP contribution >= 0.6 is 0 Å². The first-order valence-electron chi connectivity index (χ1n) is 5.01. The van der Waals surface area contributed by atoms with Crippen LogP contribution in [0.4, 0.5) is 10.1 Å². The van der Waals surface area contributed by atoms with Crippen LogP contribution in [-0.4, -0.2) is 18.4 Å². The van der Waals surface area contributed by atoms with Gasteiger partial charge < -0.3 is 10.7 Å². The molecule has 2 aromatic rings. The molecule has 0 fully saturated rings. The fourth-order valence-corrected chi connectivity index (χ4v) is 2.37. The number of nitrogens with two attached hydrogens (primary N) is 1. The molecular weight excluding hydrogens is 259 g/mol. The van der Waals surface area contributed by atoms with Crippen molar-refractivity contribution in [3.8, 4) is 0 Å². The smallest absolute Gasteiger partial charge is 0.240 e. The van der Waals surface area contributed by atoms with E-state index in [9.17, 15) is 12.8 Å². The van der Waals surface area contributed by atoms with Crippen LogP contribution in [0.5, 0.6) is 0 Å². The molecule has 6 nitrogen and oxygen atoms in total. The average molecular weight is 270 g/mol. The van der Waals surface area contributed by atoms with Crippen LogP contribution in [0.1, 0.15) is 5.69 Å². The highest BCUT2D eigenvalue weighted by molar-refractivity contribution is 7.89. The van der Waals surface area contributed by atoms with Gasteiger partial charge in [0.05, 0.1) is 23.5 Å². The Balaban J connectivity index is 2.17. The maximum Gasteiger partial charge on any atom is 0.240 e. The van der Waals surface area contributed by atoms with Crippen molar-refractivity contribution >= 4 is 15.7 Å². The highest BCUT2D eigenvalue weighted by Gasteiger charge is 2.15. The average Bonchev–Trinajstić information content (AvgIpc) is 2.83. The third kappa shape index (κ3) is 2.66. The number of aromatic nitrogens is 2. The fraction of sp³-hybridized carbons (Fsp3) is 0.100. The number of hydrogen-bond acceptors (Lipinski definition) is 4. The Morgan fingerprint density at radius 1 is 1.44 bits per heavy atom. The Hall–Kier alpha value is -1.93. The van der Waals surface area contributed by atoms with Crippen LogP contribution in [0.25, 0.3) is 0 Å². The van der Waals surface area contributed by atoms with Gasteiger partial charge in [-0.25, -0.2) is 22.5 Å². The van der Waals surface area contributed by atoms with Crippen molar-refractivity contribution in [2.45, 2.75) is 11.4 Å². The number of nitrogen functional groups attached to an aromatic ring is 1. The summed E-state index contributed by atoms with van der Waals surface area (Å²) in [4.78, 5) is 6.44. The van der Waals surface area contributed by atoms with Gasteiger partial charge in [0.1, 0.15) is 5.82 Å². The summed E-state index contributed by atoms with van der Waals surface area (Å²) < 4.78 is 39.0. The van der Waals surface area contributed by atoms with E-state index in [0.717, 1.165) is 18.2 Å². The maximum absolute atomic E-state index is 12.9. The summed E-state index contributed by atoms with van der Waals surface area (Å²) in [7, 11) is -3.72. The van der Waals surface area contributed by atoms with Gasteiger partial charge in [0.25, 0.3) is 0 Å². The number of H-pyrrole nitrogens is 1. The number of anilines is 1. The number of imidazole rings is 1. The molecule has 0 saturated heterocycles. The summed E-state index contributed by atoms with van der Waals surface area (Å²) in [6, 6.07) is 3.24. The quantitative estimate of drug-likeness (QED) is 0.708. The van der Waals surface area contributed by atoms with Gasteiger partial charge in [-0.05, 0) is 18.2 Å². The minimum atomic E-state index is -3.72. The molecule has 0 bridgehead atoms. The molecule has 8 heteroatoms. The highest BCUT2D eigenvalue weighted by atomic mass is 32.2. The Labute approximate surface area is 103 Å². The molecule has 4 N–H and O–H groups in total. The predicted octanol–water partition coefficient (Wildman–Crippen LogP) is 0.609. The third-order valence-corrected chi connectivity index (χ3v) is 3.68. The van der Waals surface area contributed by atoms with Gasteiger partial charge in [-0.15, -0.1) is 0 Å². The molecule has 0 aliphatic heterocycles. The number of nitrogens with zero attached hydrogens (tertiary/aromatic N) is 1. The molecule has 0 aliphatic carbocycles. The van der Waals surface area contributed by atoms with Crippen molar-refractivity contribution in [1.82, 2.24) is 14.7 Å². The Morgan fingerprint density at radius 2 is 2.22 bits per heavy atom. The molecule has 0 amide bonds. The monoisotopic (exact) mass is 270 g/mol. The molecule has 2 rings (SSSR count). The Morgan fingerprint density at radius 3 is 2.83 bits per heavy atom. The van der Waals surface area contributed by atoms with Gasteiger partial charge in [-0.1, -0.05) is 0 Å². The number of sulfonamides is 1. The highest BCUT2D eigenvalue weighted by Crippen LogP contribution is 2.16. The zero-order valence-corrected chi connectivity index (χ0v) is 10.0. The van der Waals surface area contributed by atoms with Crippen LogP contribution in [-0.2, 0) is 16.6 Å². The van der Waals surface area contributed by atoms with Crippen molar-refractivity contribution < 1.29 is 12.8 Å². The molecule has 0 saturated carbocycles. The molecule has 0 aliphatic rings. The molecule has 1 heterocycles. The first-order chi connectivity index (χ1) is 8.49. The van der Waals surface area contributed by atoms with Gasteiger partial charge in [0.2, 0.25) is 10.0 Å². The fourth-order valence-electron chi connectivity index (χ4n) is 1.33. The minimum absolute atomic E-state index is 0.0691. The number of aromatic amines is 1. The van der Waals surface area contributed by atoms with Gasteiger partial charge in [-0.2, -0.15) is 0 Å². The van der Waals surface area contributed by atoms with E-state index in [2.05, 4.69) is 14.7 Å². The lowest BCUT2D eigenvalue weighted by molar-refractivity contribution is 0.580. The molecule has 0 atom stereocenters. The van der Waals surface area contributed by atoms with E-state index in [-0.39, 0.29) is 17.1 Å². The summed E-state index contributed by atoms with van der Waals surface area (Å²) in [5.74, 6) is -0.650. The van der Waals surface area contributed by atoms with E-state index in [4.69, 9.17) is 5.73 Å². The summed E-state index contributed by atoms with van der Waals surface area (Å²) in [6.07, 6.45) is 2.95. The van der Waals surface area contributed by atoms with E-state index < -0.39 is 15.8 Å². The van der Waals surface area contributed by atoms with Crippen LogP contribution in [0, 0.1) is 5.82 Å². The van der Waals surface area contributed by atoms with Gasteiger partial charge in [0, 0.05) is 11.9 Å². The molecule has 1 aromatic heterocycles. The van der Waals surface area contributed by atoms with Crippen molar-refractivity contribution in [1.29, 1.82) is 0 Å². The zero-order chi connectivity index (χ0) is 13.2. The molecule has 18 heavy (non-hydrogen) atoms. The standard InChI is InChI=1S/C10H11FN4O2S/c11-9-2-1-8(3-10(9)12)18(16,17)15-5-7-4-13-6-14-7/h1-4,6,15H,5,12H2,(H,13,14). The number of benzene rings is 1. The number of rotatable bonds is 4. The Kier molecular flexibility index (Phi) is 3.30.